The fourth-order valence-corrected chi connectivity index (χ4v) is 14.9. The van der Waals surface area contributed by atoms with Crippen molar-refractivity contribution in [3.8, 4) is 55.6 Å². The van der Waals surface area contributed by atoms with Crippen LogP contribution in [-0.2, 0) is 10.8 Å². The first-order valence-corrected chi connectivity index (χ1v) is 30.8. The summed E-state index contributed by atoms with van der Waals surface area (Å²) < 4.78 is 0. The summed E-state index contributed by atoms with van der Waals surface area (Å²) in [6, 6.07) is 98.3. The van der Waals surface area contributed by atoms with Crippen molar-refractivity contribution in [3.63, 3.8) is 0 Å². The van der Waals surface area contributed by atoms with Gasteiger partial charge in [-0.15, -0.1) is 0 Å². The predicted molar refractivity (Wildman–Crippen MR) is 372 cm³/mol. The van der Waals surface area contributed by atoms with Gasteiger partial charge in [-0.1, -0.05) is 217 Å². The number of hydrogen-bond donors (Lipinski definition) is 0. The van der Waals surface area contributed by atoms with Crippen molar-refractivity contribution < 1.29 is 0 Å². The summed E-state index contributed by atoms with van der Waals surface area (Å²) in [5.74, 6) is 0. The molecular formula is C83H70BN3. The minimum atomic E-state index is -0.215. The smallest absolute Gasteiger partial charge is 0.252 e. The molecule has 0 radical (unpaired) electrons. The van der Waals surface area contributed by atoms with E-state index in [0.29, 0.717) is 0 Å². The highest BCUT2D eigenvalue weighted by molar-refractivity contribution is 7.00. The molecule has 1 aliphatic carbocycles. The molecule has 0 saturated carbocycles. The van der Waals surface area contributed by atoms with Gasteiger partial charge < -0.3 is 14.7 Å². The first-order chi connectivity index (χ1) is 42.2. The van der Waals surface area contributed by atoms with Crippen LogP contribution in [0.25, 0.3) is 55.6 Å². The zero-order valence-corrected chi connectivity index (χ0v) is 51.2. The van der Waals surface area contributed by atoms with Crippen LogP contribution in [0.5, 0.6) is 0 Å². The van der Waals surface area contributed by atoms with Gasteiger partial charge in [0.25, 0.3) is 6.71 Å². The summed E-state index contributed by atoms with van der Waals surface area (Å²) in [7, 11) is 0. The van der Waals surface area contributed by atoms with E-state index in [1.54, 1.807) is 0 Å². The first-order valence-electron chi connectivity index (χ1n) is 30.8. The van der Waals surface area contributed by atoms with Gasteiger partial charge in [0.1, 0.15) is 0 Å². The van der Waals surface area contributed by atoms with E-state index in [0.717, 1.165) is 28.4 Å². The monoisotopic (exact) mass is 1120 g/mol. The molecule has 0 spiro atoms. The van der Waals surface area contributed by atoms with Gasteiger partial charge in [-0.3, -0.25) is 0 Å². The van der Waals surface area contributed by atoms with Crippen LogP contribution in [0.15, 0.2) is 261 Å². The van der Waals surface area contributed by atoms with Gasteiger partial charge in [0.05, 0.1) is 0 Å². The lowest BCUT2D eigenvalue weighted by Crippen LogP contribution is -2.61. The zero-order valence-electron chi connectivity index (χ0n) is 51.2. The van der Waals surface area contributed by atoms with Gasteiger partial charge in [-0.25, -0.2) is 0 Å². The number of fused-ring (bicyclic) bond motifs is 7. The summed E-state index contributed by atoms with van der Waals surface area (Å²) in [6.07, 6.45) is 0. The molecule has 12 aromatic carbocycles. The standard InChI is InChI=1S/C83H70BN3/c1-53-44-67(45-54(2)79(53)60-28-18-12-19-29-60)85(68-46-55(3)80(56(4)47-68)61-30-20-13-21-31-61)66-40-42-73-76(52-66)87(65-39-41-70-69-32-22-23-33-71(69)83(8,9)72(70)51-65)78-50-63(82(5,6)7)49-77-81(78)84(73)74-48-62(58-26-16-11-17-27-58)36-43-75(74)86(77)64-37-34-59(35-38-64)57-24-14-10-15-25-57/h10-52H,1-9H3. The Morgan fingerprint density at radius 1 is 0.345 bits per heavy atom. The van der Waals surface area contributed by atoms with E-state index in [1.807, 2.05) is 0 Å². The largest absolute Gasteiger partial charge is 0.311 e. The highest BCUT2D eigenvalue weighted by Gasteiger charge is 2.45. The summed E-state index contributed by atoms with van der Waals surface area (Å²) in [6.45, 7) is 20.9. The molecule has 0 unspecified atom stereocenters. The maximum Gasteiger partial charge on any atom is 0.252 e. The van der Waals surface area contributed by atoms with E-state index >= 15 is 0 Å². The summed E-state index contributed by atoms with van der Waals surface area (Å²) in [4.78, 5) is 7.74. The topological polar surface area (TPSA) is 9.72 Å². The number of aryl methyl sites for hydroxylation is 4. The van der Waals surface area contributed by atoms with Crippen LogP contribution in [0.3, 0.4) is 0 Å². The SMILES string of the molecule is Cc1cc(N(c2cc(C)c(-c3ccccc3)c(C)c2)c2ccc3c(c2)N(c2ccc4c(c2)C(C)(C)c2ccccc2-4)c2cc(C(C)(C)C)cc4c2B3c2cc(-c3ccccc3)ccc2N4c2ccc(-c3ccccc3)cc2)cc(C)c1-c1ccccc1. The molecule has 87 heavy (non-hydrogen) atoms. The van der Waals surface area contributed by atoms with E-state index in [-0.39, 0.29) is 17.5 Å². The molecule has 0 bridgehead atoms. The molecule has 0 aromatic heterocycles. The molecule has 0 saturated heterocycles. The lowest BCUT2D eigenvalue weighted by atomic mass is 9.33. The Morgan fingerprint density at radius 2 is 0.805 bits per heavy atom. The Bertz CT molecular complexity index is 4530. The fraction of sp³-hybridized carbons (Fsp3) is 0.133. The van der Waals surface area contributed by atoms with Gasteiger partial charge in [-0.05, 0) is 223 Å². The maximum absolute atomic E-state index is 2.65. The van der Waals surface area contributed by atoms with Gasteiger partial charge in [-0.2, -0.15) is 0 Å². The molecule has 0 atom stereocenters. The number of anilines is 9. The van der Waals surface area contributed by atoms with E-state index in [2.05, 4.69) is 338 Å². The van der Waals surface area contributed by atoms with E-state index in [1.165, 1.54) is 134 Å². The van der Waals surface area contributed by atoms with Crippen LogP contribution in [0.4, 0.5) is 51.2 Å². The average molecular weight is 1120 g/mol. The molecule has 0 amide bonds. The molecule has 15 rings (SSSR count). The third-order valence-corrected chi connectivity index (χ3v) is 19.0. The number of nitrogens with zero attached hydrogens (tertiary/aromatic N) is 3. The highest BCUT2D eigenvalue weighted by atomic mass is 15.2. The molecule has 420 valence electrons. The molecule has 0 N–H and O–H groups in total. The maximum atomic E-state index is 2.65. The van der Waals surface area contributed by atoms with E-state index in [4.69, 9.17) is 0 Å². The molecule has 4 heteroatoms. The Labute approximate surface area is 514 Å². The molecule has 2 heterocycles. The van der Waals surface area contributed by atoms with Crippen molar-refractivity contribution in [2.45, 2.75) is 73.1 Å². The van der Waals surface area contributed by atoms with Gasteiger partial charge >= 0.3 is 0 Å². The lowest BCUT2D eigenvalue weighted by Gasteiger charge is -2.45. The third-order valence-electron chi connectivity index (χ3n) is 19.0. The second kappa shape index (κ2) is 20.7. The van der Waals surface area contributed by atoms with Crippen LogP contribution < -0.4 is 31.1 Å². The summed E-state index contributed by atoms with van der Waals surface area (Å²) in [5, 5.41) is 0. The fourth-order valence-electron chi connectivity index (χ4n) is 14.9. The highest BCUT2D eigenvalue weighted by Crippen LogP contribution is 2.53. The third kappa shape index (κ3) is 8.95. The predicted octanol–water partition coefficient (Wildman–Crippen LogP) is 20.7. The second-order valence-corrected chi connectivity index (χ2v) is 26.0. The Balaban J connectivity index is 1.02. The second-order valence-electron chi connectivity index (χ2n) is 26.0. The van der Waals surface area contributed by atoms with Crippen LogP contribution in [0.1, 0.15) is 73.6 Å². The van der Waals surface area contributed by atoms with Gasteiger partial charge in [0.2, 0.25) is 0 Å². The molecule has 3 aliphatic rings. The summed E-state index contributed by atoms with van der Waals surface area (Å²) in [5.41, 5.74) is 35.2. The van der Waals surface area contributed by atoms with Crippen molar-refractivity contribution >= 4 is 74.3 Å². The van der Waals surface area contributed by atoms with Crippen molar-refractivity contribution in [3.05, 3.63) is 300 Å². The number of hydrogen-bond acceptors (Lipinski definition) is 3. The molecule has 12 aromatic rings. The number of rotatable bonds is 9. The minimum Gasteiger partial charge on any atom is -0.311 e. The molecule has 2 aliphatic heterocycles. The van der Waals surface area contributed by atoms with Crippen molar-refractivity contribution in [2.24, 2.45) is 0 Å². The minimum absolute atomic E-state index is 0.115. The average Bonchev–Trinajstić information content (AvgIpc) is 1.22. The van der Waals surface area contributed by atoms with Gasteiger partial charge in [0.15, 0.2) is 0 Å². The normalized spacial score (nSPS) is 13.4. The van der Waals surface area contributed by atoms with Crippen LogP contribution in [0.2, 0.25) is 0 Å². The Morgan fingerprint density at radius 3 is 1.36 bits per heavy atom. The van der Waals surface area contributed by atoms with Crippen LogP contribution in [-0.4, -0.2) is 6.71 Å². The molecule has 3 nitrogen and oxygen atoms in total. The quantitative estimate of drug-likeness (QED) is 0.133. The zero-order chi connectivity index (χ0) is 59.5. The van der Waals surface area contributed by atoms with Crippen LogP contribution >= 0.6 is 0 Å². The molecule has 0 fully saturated rings. The van der Waals surface area contributed by atoms with E-state index < -0.39 is 0 Å². The molecular weight excluding hydrogens is 1050 g/mol. The number of benzene rings is 12. The Kier molecular flexibility index (Phi) is 12.8. The Hall–Kier alpha value is -9.90. The van der Waals surface area contributed by atoms with Crippen molar-refractivity contribution in [2.75, 3.05) is 14.7 Å². The van der Waals surface area contributed by atoms with Gasteiger partial charge in [0, 0.05) is 56.6 Å². The summed E-state index contributed by atoms with van der Waals surface area (Å²) >= 11 is 0. The van der Waals surface area contributed by atoms with Crippen molar-refractivity contribution in [1.82, 2.24) is 0 Å². The lowest BCUT2D eigenvalue weighted by molar-refractivity contribution is 0.590. The van der Waals surface area contributed by atoms with E-state index in [9.17, 15) is 0 Å². The first kappa shape index (κ1) is 53.8. The van der Waals surface area contributed by atoms with Crippen LogP contribution in [0, 0.1) is 27.7 Å². The van der Waals surface area contributed by atoms with Crippen molar-refractivity contribution in [1.29, 1.82) is 0 Å².